The number of hydrogen-bond acceptors (Lipinski definition) is 5. The zero-order chi connectivity index (χ0) is 24.4. The number of hydrogen-bond donors (Lipinski definition) is 3. The standard InChI is InChI=1S/C27H38N6O2/c1-3-5-18(2)30-27-29-16-22-23(17-33(25(22)31-27)20-7-9-21(34)10-8-20)19-11-14-32(15-12-19)26(35)24-6-4-13-28-24/h4,6,13,16-21,28,34H,3,5,7-12,14-15H2,1-2H3,(H,29,30,31)/t18-,20-,21-/m0/s1. The van der Waals surface area contributed by atoms with Crippen molar-refractivity contribution in [2.24, 2.45) is 0 Å². The lowest BCUT2D eigenvalue weighted by Gasteiger charge is -2.31. The van der Waals surface area contributed by atoms with E-state index in [9.17, 15) is 9.90 Å². The molecule has 0 unspecified atom stereocenters. The Hall–Kier alpha value is -2.87. The average Bonchev–Trinajstić information content (AvgIpc) is 3.53. The van der Waals surface area contributed by atoms with Gasteiger partial charge in [0.15, 0.2) is 0 Å². The summed E-state index contributed by atoms with van der Waals surface area (Å²) in [6.07, 6.45) is 13.6. The summed E-state index contributed by atoms with van der Waals surface area (Å²) in [6, 6.07) is 4.38. The van der Waals surface area contributed by atoms with Crippen molar-refractivity contribution in [2.75, 3.05) is 18.4 Å². The highest BCUT2D eigenvalue weighted by Crippen LogP contribution is 2.38. The summed E-state index contributed by atoms with van der Waals surface area (Å²) < 4.78 is 2.35. The smallest absolute Gasteiger partial charge is 0.270 e. The summed E-state index contributed by atoms with van der Waals surface area (Å²) in [5.74, 6) is 1.14. The van der Waals surface area contributed by atoms with Crippen molar-refractivity contribution in [1.29, 1.82) is 0 Å². The fraction of sp³-hybridized carbons (Fsp3) is 0.593. The van der Waals surface area contributed by atoms with Gasteiger partial charge >= 0.3 is 0 Å². The number of rotatable bonds is 7. The molecule has 8 nitrogen and oxygen atoms in total. The van der Waals surface area contributed by atoms with Gasteiger partial charge in [0.25, 0.3) is 5.91 Å². The van der Waals surface area contributed by atoms with Crippen LogP contribution in [0.3, 0.4) is 0 Å². The van der Waals surface area contributed by atoms with E-state index in [1.54, 1.807) is 6.20 Å². The van der Waals surface area contributed by atoms with Crippen LogP contribution in [-0.4, -0.2) is 60.7 Å². The minimum atomic E-state index is -0.184. The summed E-state index contributed by atoms with van der Waals surface area (Å²) in [4.78, 5) is 27.4. The van der Waals surface area contributed by atoms with Gasteiger partial charge in [-0.3, -0.25) is 4.79 Å². The zero-order valence-electron chi connectivity index (χ0n) is 20.9. The molecule has 0 aromatic carbocycles. The molecule has 1 saturated heterocycles. The topological polar surface area (TPSA) is 99.1 Å². The van der Waals surface area contributed by atoms with E-state index in [1.807, 2.05) is 23.2 Å². The Bertz CT molecular complexity index is 1120. The number of aliphatic hydroxyl groups excluding tert-OH is 1. The Morgan fingerprint density at radius 3 is 2.69 bits per heavy atom. The molecular weight excluding hydrogens is 440 g/mol. The largest absolute Gasteiger partial charge is 0.393 e. The molecule has 3 aromatic heterocycles. The van der Waals surface area contributed by atoms with Crippen molar-refractivity contribution in [2.45, 2.75) is 89.3 Å². The number of carbonyl (C=O) groups is 1. The molecule has 1 amide bonds. The van der Waals surface area contributed by atoms with Gasteiger partial charge in [0.05, 0.1) is 6.10 Å². The predicted molar refractivity (Wildman–Crippen MR) is 138 cm³/mol. The molecule has 3 N–H and O–H groups in total. The molecule has 3 aromatic rings. The van der Waals surface area contributed by atoms with Crippen molar-refractivity contribution in [3.8, 4) is 0 Å². The van der Waals surface area contributed by atoms with Crippen LogP contribution < -0.4 is 5.32 Å². The van der Waals surface area contributed by atoms with Crippen LogP contribution >= 0.6 is 0 Å². The molecule has 2 aliphatic rings. The first kappa shape index (κ1) is 23.9. The highest BCUT2D eigenvalue weighted by atomic mass is 16.3. The van der Waals surface area contributed by atoms with Gasteiger partial charge in [0.2, 0.25) is 5.95 Å². The van der Waals surface area contributed by atoms with Crippen molar-refractivity contribution < 1.29 is 9.90 Å². The summed E-state index contributed by atoms with van der Waals surface area (Å²) in [6.45, 7) is 5.86. The van der Waals surface area contributed by atoms with Gasteiger partial charge in [-0.05, 0) is 75.5 Å². The molecule has 0 radical (unpaired) electrons. The molecule has 2 fully saturated rings. The van der Waals surface area contributed by atoms with Crippen LogP contribution in [0.15, 0.2) is 30.7 Å². The lowest BCUT2D eigenvalue weighted by atomic mass is 9.89. The molecule has 1 aliphatic carbocycles. The van der Waals surface area contributed by atoms with Crippen LogP contribution in [0.5, 0.6) is 0 Å². The molecular formula is C27H38N6O2. The Morgan fingerprint density at radius 1 is 1.23 bits per heavy atom. The number of aliphatic hydroxyl groups is 1. The second-order valence-corrected chi connectivity index (χ2v) is 10.4. The van der Waals surface area contributed by atoms with Crippen molar-refractivity contribution in [1.82, 2.24) is 24.4 Å². The molecule has 0 spiro atoms. The summed E-state index contributed by atoms with van der Waals surface area (Å²) in [7, 11) is 0. The number of amides is 1. The van der Waals surface area contributed by atoms with Crippen LogP contribution in [0, 0.1) is 0 Å². The highest BCUT2D eigenvalue weighted by molar-refractivity contribution is 5.92. The molecule has 0 bridgehead atoms. The van der Waals surface area contributed by atoms with Gasteiger partial charge in [0.1, 0.15) is 11.3 Å². The number of nitrogens with one attached hydrogen (secondary N) is 2. The van der Waals surface area contributed by atoms with Crippen molar-refractivity contribution in [3.05, 3.63) is 42.0 Å². The van der Waals surface area contributed by atoms with E-state index in [4.69, 9.17) is 4.98 Å². The highest BCUT2D eigenvalue weighted by Gasteiger charge is 2.30. The number of aromatic amines is 1. The molecule has 1 saturated carbocycles. The Morgan fingerprint density at radius 2 is 2.00 bits per heavy atom. The number of nitrogens with zero attached hydrogens (tertiary/aromatic N) is 4. The Balaban J connectivity index is 1.40. The van der Waals surface area contributed by atoms with Gasteiger partial charge in [-0.15, -0.1) is 0 Å². The zero-order valence-corrected chi connectivity index (χ0v) is 20.9. The first-order valence-electron chi connectivity index (χ1n) is 13.3. The van der Waals surface area contributed by atoms with E-state index in [1.165, 1.54) is 5.56 Å². The summed E-state index contributed by atoms with van der Waals surface area (Å²) >= 11 is 0. The third-order valence-electron chi connectivity index (χ3n) is 7.81. The number of aromatic nitrogens is 4. The molecule has 5 rings (SSSR count). The van der Waals surface area contributed by atoms with Gasteiger partial charge < -0.3 is 24.9 Å². The van der Waals surface area contributed by atoms with Crippen molar-refractivity contribution in [3.63, 3.8) is 0 Å². The molecule has 1 atom stereocenters. The quantitative estimate of drug-likeness (QED) is 0.451. The fourth-order valence-electron chi connectivity index (χ4n) is 5.82. The third-order valence-corrected chi connectivity index (χ3v) is 7.81. The van der Waals surface area contributed by atoms with E-state index in [0.717, 1.165) is 75.5 Å². The number of anilines is 1. The average molecular weight is 479 g/mol. The molecule has 4 heterocycles. The van der Waals surface area contributed by atoms with E-state index in [0.29, 0.717) is 29.6 Å². The number of piperidine rings is 1. The number of carbonyl (C=O) groups excluding carboxylic acids is 1. The lowest BCUT2D eigenvalue weighted by molar-refractivity contribution is 0.0708. The van der Waals surface area contributed by atoms with Crippen LogP contribution in [0.4, 0.5) is 5.95 Å². The second kappa shape index (κ2) is 10.4. The maximum atomic E-state index is 12.8. The van der Waals surface area contributed by atoms with E-state index < -0.39 is 0 Å². The lowest BCUT2D eigenvalue weighted by Crippen LogP contribution is -2.38. The van der Waals surface area contributed by atoms with Gasteiger partial charge in [-0.25, -0.2) is 4.98 Å². The monoisotopic (exact) mass is 478 g/mol. The summed E-state index contributed by atoms with van der Waals surface area (Å²) in [5.41, 5.74) is 2.95. The van der Waals surface area contributed by atoms with Crippen LogP contribution in [0.2, 0.25) is 0 Å². The minimum Gasteiger partial charge on any atom is -0.393 e. The van der Waals surface area contributed by atoms with Crippen LogP contribution in [0.1, 0.15) is 93.2 Å². The first-order valence-corrected chi connectivity index (χ1v) is 13.3. The number of H-pyrrole nitrogens is 1. The second-order valence-electron chi connectivity index (χ2n) is 10.4. The van der Waals surface area contributed by atoms with Gasteiger partial charge in [0, 0.05) is 49.1 Å². The third kappa shape index (κ3) is 5.08. The SMILES string of the molecule is CCC[C@H](C)Nc1ncc2c(C3CCN(C(=O)c4ccc[nH]4)CC3)cn([C@H]3CC[C@H](O)CC3)c2n1. The predicted octanol–water partition coefficient (Wildman–Crippen LogP) is 4.86. The Kier molecular flexibility index (Phi) is 7.09. The molecule has 188 valence electrons. The van der Waals surface area contributed by atoms with Crippen LogP contribution in [0.25, 0.3) is 11.0 Å². The van der Waals surface area contributed by atoms with Gasteiger partial charge in [-0.2, -0.15) is 4.98 Å². The van der Waals surface area contributed by atoms with Gasteiger partial charge in [-0.1, -0.05) is 13.3 Å². The fourth-order valence-corrected chi connectivity index (χ4v) is 5.82. The maximum absolute atomic E-state index is 12.8. The summed E-state index contributed by atoms with van der Waals surface area (Å²) in [5, 5.41) is 14.6. The Labute approximate surface area is 207 Å². The van der Waals surface area contributed by atoms with Crippen molar-refractivity contribution >= 4 is 22.9 Å². The normalized spacial score (nSPS) is 22.4. The van der Waals surface area contributed by atoms with E-state index >= 15 is 0 Å². The van der Waals surface area contributed by atoms with E-state index in [-0.39, 0.29) is 12.0 Å². The van der Waals surface area contributed by atoms with E-state index in [2.05, 4.69) is 39.9 Å². The number of fused-ring (bicyclic) bond motifs is 1. The minimum absolute atomic E-state index is 0.0805. The molecule has 1 aliphatic heterocycles. The number of likely N-dealkylation sites (tertiary alicyclic amines) is 1. The molecule has 35 heavy (non-hydrogen) atoms. The van der Waals surface area contributed by atoms with Crippen LogP contribution in [-0.2, 0) is 0 Å². The molecule has 8 heteroatoms. The first-order chi connectivity index (χ1) is 17.0. The maximum Gasteiger partial charge on any atom is 0.270 e.